The molecule has 0 aliphatic rings. The number of sulfone groups is 1. The molecule has 0 aliphatic carbocycles. The standard InChI is InChI=1S/C8H7F3O4S2/c1-5-4-6(2-3-7(5)16(12)13)17(14,15)8(9,10)11/h2-4H,1H3,(H,12,13). The second kappa shape index (κ2) is 4.39. The first-order chi connectivity index (χ1) is 7.57. The van der Waals surface area contributed by atoms with Gasteiger partial charge in [-0.05, 0) is 30.7 Å². The van der Waals surface area contributed by atoms with Gasteiger partial charge in [0.1, 0.15) is 0 Å². The summed E-state index contributed by atoms with van der Waals surface area (Å²) < 4.78 is 78.2. The molecule has 0 aromatic heterocycles. The van der Waals surface area contributed by atoms with Crippen LogP contribution >= 0.6 is 0 Å². The van der Waals surface area contributed by atoms with Crippen molar-refractivity contribution in [2.75, 3.05) is 0 Å². The van der Waals surface area contributed by atoms with E-state index in [4.69, 9.17) is 4.55 Å². The van der Waals surface area contributed by atoms with Gasteiger partial charge in [-0.3, -0.25) is 0 Å². The summed E-state index contributed by atoms with van der Waals surface area (Å²) in [5.74, 6) is 0. The van der Waals surface area contributed by atoms with Crippen LogP contribution in [-0.2, 0) is 20.9 Å². The molecule has 17 heavy (non-hydrogen) atoms. The summed E-state index contributed by atoms with van der Waals surface area (Å²) in [5.41, 5.74) is -5.39. The molecule has 1 N–H and O–H groups in total. The molecule has 0 spiro atoms. The molecule has 0 saturated heterocycles. The topological polar surface area (TPSA) is 71.4 Å². The Morgan fingerprint density at radius 1 is 1.29 bits per heavy atom. The zero-order valence-corrected chi connectivity index (χ0v) is 9.99. The van der Waals surface area contributed by atoms with Crippen LogP contribution in [0.15, 0.2) is 28.0 Å². The third-order valence-electron chi connectivity index (χ3n) is 1.95. The van der Waals surface area contributed by atoms with Gasteiger partial charge in [0.25, 0.3) is 9.84 Å². The molecule has 0 fully saturated rings. The van der Waals surface area contributed by atoms with Gasteiger partial charge >= 0.3 is 5.51 Å². The molecule has 0 radical (unpaired) electrons. The lowest BCUT2D eigenvalue weighted by Crippen LogP contribution is -2.23. The van der Waals surface area contributed by atoms with Crippen LogP contribution in [0.5, 0.6) is 0 Å². The van der Waals surface area contributed by atoms with Gasteiger partial charge in [0.15, 0.2) is 11.1 Å². The molecule has 96 valence electrons. The van der Waals surface area contributed by atoms with Crippen LogP contribution in [0.3, 0.4) is 0 Å². The summed E-state index contributed by atoms with van der Waals surface area (Å²) in [5, 5.41) is 0. The molecule has 1 atom stereocenters. The summed E-state index contributed by atoms with van der Waals surface area (Å²) in [4.78, 5) is -1.08. The van der Waals surface area contributed by atoms with Gasteiger partial charge in [-0.1, -0.05) is 0 Å². The van der Waals surface area contributed by atoms with E-state index in [-0.39, 0.29) is 10.5 Å². The van der Waals surface area contributed by atoms with E-state index in [9.17, 15) is 25.8 Å². The minimum Gasteiger partial charge on any atom is -0.302 e. The minimum atomic E-state index is -5.42. The lowest BCUT2D eigenvalue weighted by atomic mass is 10.2. The van der Waals surface area contributed by atoms with E-state index >= 15 is 0 Å². The van der Waals surface area contributed by atoms with Crippen molar-refractivity contribution >= 4 is 20.9 Å². The SMILES string of the molecule is Cc1cc(S(=O)(=O)C(F)(F)F)ccc1S(=O)O. The highest BCUT2D eigenvalue weighted by atomic mass is 32.2. The lowest BCUT2D eigenvalue weighted by Gasteiger charge is -2.09. The van der Waals surface area contributed by atoms with Gasteiger partial charge in [0.05, 0.1) is 9.79 Å². The van der Waals surface area contributed by atoms with E-state index in [1.807, 2.05) is 0 Å². The third-order valence-corrected chi connectivity index (χ3v) is 4.27. The first kappa shape index (κ1) is 14.1. The lowest BCUT2D eigenvalue weighted by molar-refractivity contribution is -0.0436. The van der Waals surface area contributed by atoms with Gasteiger partial charge in [0, 0.05) is 0 Å². The van der Waals surface area contributed by atoms with Crippen molar-refractivity contribution in [3.63, 3.8) is 0 Å². The fraction of sp³-hybridized carbons (Fsp3) is 0.250. The normalized spacial score (nSPS) is 14.6. The zero-order chi connectivity index (χ0) is 13.4. The second-order valence-electron chi connectivity index (χ2n) is 3.13. The van der Waals surface area contributed by atoms with Crippen molar-refractivity contribution in [1.29, 1.82) is 0 Å². The Hall–Kier alpha value is -0.930. The number of hydrogen-bond acceptors (Lipinski definition) is 3. The molecule has 1 aromatic carbocycles. The van der Waals surface area contributed by atoms with E-state index in [1.165, 1.54) is 6.92 Å². The van der Waals surface area contributed by atoms with Crippen LogP contribution in [0.4, 0.5) is 13.2 Å². The Morgan fingerprint density at radius 3 is 2.18 bits per heavy atom. The summed E-state index contributed by atoms with van der Waals surface area (Å²) in [7, 11) is -5.42. The Bertz CT molecular complexity index is 563. The van der Waals surface area contributed by atoms with Crippen LogP contribution in [0.25, 0.3) is 0 Å². The average molecular weight is 288 g/mol. The first-order valence-corrected chi connectivity index (χ1v) is 6.69. The Kier molecular flexibility index (Phi) is 3.65. The predicted octanol–water partition coefficient (Wildman–Crippen LogP) is 1.87. The minimum absolute atomic E-state index is 0.00356. The second-order valence-corrected chi connectivity index (χ2v) is 6.00. The quantitative estimate of drug-likeness (QED) is 0.843. The van der Waals surface area contributed by atoms with Crippen LogP contribution in [0.2, 0.25) is 0 Å². The first-order valence-electron chi connectivity index (χ1n) is 4.10. The van der Waals surface area contributed by atoms with Crippen molar-refractivity contribution in [2.24, 2.45) is 0 Å². The van der Waals surface area contributed by atoms with Gasteiger partial charge in [0.2, 0.25) is 0 Å². The highest BCUT2D eigenvalue weighted by Gasteiger charge is 2.46. The largest absolute Gasteiger partial charge is 0.501 e. The number of halogens is 3. The maximum atomic E-state index is 12.2. The Balaban J connectivity index is 3.39. The molecule has 1 rings (SSSR count). The number of aryl methyl sites for hydroxylation is 1. The third kappa shape index (κ3) is 2.67. The van der Waals surface area contributed by atoms with Gasteiger partial charge in [-0.2, -0.15) is 13.2 Å². The molecule has 0 amide bonds. The number of alkyl halides is 3. The number of benzene rings is 1. The fourth-order valence-corrected chi connectivity index (χ4v) is 2.48. The van der Waals surface area contributed by atoms with Gasteiger partial charge in [-0.25, -0.2) is 12.6 Å². The van der Waals surface area contributed by atoms with Crippen molar-refractivity contribution in [3.8, 4) is 0 Å². The van der Waals surface area contributed by atoms with E-state index < -0.39 is 31.3 Å². The van der Waals surface area contributed by atoms with E-state index in [0.717, 1.165) is 6.07 Å². The molecule has 4 nitrogen and oxygen atoms in total. The van der Waals surface area contributed by atoms with Crippen LogP contribution in [0.1, 0.15) is 5.56 Å². The summed E-state index contributed by atoms with van der Waals surface area (Å²) in [6, 6.07) is 2.25. The molecule has 1 unspecified atom stereocenters. The summed E-state index contributed by atoms with van der Waals surface area (Å²) in [6.07, 6.45) is 0. The highest BCUT2D eigenvalue weighted by Crippen LogP contribution is 2.31. The average Bonchev–Trinajstić information content (AvgIpc) is 2.14. The van der Waals surface area contributed by atoms with Crippen molar-refractivity contribution in [2.45, 2.75) is 22.2 Å². The van der Waals surface area contributed by atoms with Crippen LogP contribution < -0.4 is 0 Å². The molecule has 9 heteroatoms. The van der Waals surface area contributed by atoms with Gasteiger partial charge < -0.3 is 4.55 Å². The maximum Gasteiger partial charge on any atom is 0.501 e. The predicted molar refractivity (Wildman–Crippen MR) is 53.5 cm³/mol. The molecule has 0 heterocycles. The van der Waals surface area contributed by atoms with Crippen molar-refractivity contribution in [1.82, 2.24) is 0 Å². The van der Waals surface area contributed by atoms with Crippen molar-refractivity contribution < 1.29 is 30.4 Å². The summed E-state index contributed by atoms with van der Waals surface area (Å²) >= 11 is -2.37. The smallest absolute Gasteiger partial charge is 0.302 e. The van der Waals surface area contributed by atoms with Crippen LogP contribution in [-0.4, -0.2) is 22.7 Å². The Morgan fingerprint density at radius 2 is 1.82 bits per heavy atom. The number of hydrogen-bond donors (Lipinski definition) is 1. The van der Waals surface area contributed by atoms with E-state index in [2.05, 4.69) is 0 Å². The molecular formula is C8H7F3O4S2. The van der Waals surface area contributed by atoms with E-state index in [0.29, 0.717) is 12.1 Å². The van der Waals surface area contributed by atoms with Crippen molar-refractivity contribution in [3.05, 3.63) is 23.8 Å². The molecule has 0 bridgehead atoms. The highest BCUT2D eigenvalue weighted by molar-refractivity contribution is 7.92. The molecule has 0 aliphatic heterocycles. The Labute approximate surface area is 97.7 Å². The fourth-order valence-electron chi connectivity index (χ4n) is 1.12. The van der Waals surface area contributed by atoms with Crippen LogP contribution in [0, 0.1) is 6.92 Å². The zero-order valence-electron chi connectivity index (χ0n) is 8.35. The molecule has 1 aromatic rings. The van der Waals surface area contributed by atoms with E-state index in [1.54, 1.807) is 0 Å². The number of rotatable bonds is 2. The molecular weight excluding hydrogens is 281 g/mol. The monoisotopic (exact) mass is 288 g/mol. The maximum absolute atomic E-state index is 12.2. The molecule has 0 saturated carbocycles. The van der Waals surface area contributed by atoms with Gasteiger partial charge in [-0.15, -0.1) is 0 Å². The summed E-state index contributed by atoms with van der Waals surface area (Å²) in [6.45, 7) is 1.25.